The Kier molecular flexibility index (Phi) is 5.96. The summed E-state index contributed by atoms with van der Waals surface area (Å²) in [4.78, 5) is 15.7. The van der Waals surface area contributed by atoms with E-state index in [4.69, 9.17) is 11.6 Å². The minimum Gasteiger partial charge on any atom is -0.401 e. The van der Waals surface area contributed by atoms with Gasteiger partial charge in [-0.1, -0.05) is 74.5 Å². The Morgan fingerprint density at radius 3 is 2.52 bits per heavy atom. The van der Waals surface area contributed by atoms with Gasteiger partial charge in [-0.3, -0.25) is 4.79 Å². The predicted molar refractivity (Wildman–Crippen MR) is 126 cm³/mol. The first kappa shape index (κ1) is 20.9. The zero-order valence-electron chi connectivity index (χ0n) is 18.2. The molecule has 3 aromatic rings. The third kappa shape index (κ3) is 4.42. The molecule has 160 valence electrons. The standard InChI is InChI=1S/C26H30N4O/c1-18(2)25(27)17-29(28)16-22-14-20-9-3-4-10-21(20)15-30(22)26(31)24-13-7-11-19-8-5-6-12-23(19)24/h3-13,17-18,22H,14-16,27-28H2,1-2H3/b25-17-. The van der Waals surface area contributed by atoms with Crippen LogP contribution in [0.15, 0.2) is 78.6 Å². The number of amides is 1. The second kappa shape index (κ2) is 8.82. The van der Waals surface area contributed by atoms with E-state index in [9.17, 15) is 4.79 Å². The Morgan fingerprint density at radius 2 is 1.74 bits per heavy atom. The summed E-state index contributed by atoms with van der Waals surface area (Å²) in [5, 5.41) is 3.66. The van der Waals surface area contributed by atoms with Gasteiger partial charge in [0, 0.05) is 24.0 Å². The zero-order chi connectivity index (χ0) is 22.0. The van der Waals surface area contributed by atoms with Crippen LogP contribution >= 0.6 is 0 Å². The molecule has 1 unspecified atom stereocenters. The molecule has 31 heavy (non-hydrogen) atoms. The monoisotopic (exact) mass is 414 g/mol. The molecule has 5 heteroatoms. The molecule has 3 aromatic carbocycles. The molecule has 1 atom stereocenters. The van der Waals surface area contributed by atoms with E-state index < -0.39 is 0 Å². The van der Waals surface area contributed by atoms with Gasteiger partial charge in [0.05, 0.1) is 12.6 Å². The third-order valence-corrected chi connectivity index (χ3v) is 6.04. The smallest absolute Gasteiger partial charge is 0.255 e. The number of hydrazine groups is 1. The fourth-order valence-electron chi connectivity index (χ4n) is 4.19. The lowest BCUT2D eigenvalue weighted by Gasteiger charge is -2.39. The molecule has 0 spiro atoms. The summed E-state index contributed by atoms with van der Waals surface area (Å²) in [5.74, 6) is 6.54. The number of fused-ring (bicyclic) bond motifs is 2. The number of allylic oxidation sites excluding steroid dienone is 1. The summed E-state index contributed by atoms with van der Waals surface area (Å²) in [7, 11) is 0. The maximum absolute atomic E-state index is 13.8. The molecule has 0 saturated heterocycles. The molecule has 4 N–H and O–H groups in total. The van der Waals surface area contributed by atoms with Crippen molar-refractivity contribution in [2.45, 2.75) is 32.9 Å². The van der Waals surface area contributed by atoms with Crippen LogP contribution < -0.4 is 11.6 Å². The van der Waals surface area contributed by atoms with Crippen LogP contribution in [0.1, 0.15) is 35.3 Å². The molecule has 1 aliphatic rings. The van der Waals surface area contributed by atoms with E-state index in [0.717, 1.165) is 28.5 Å². The van der Waals surface area contributed by atoms with Crippen LogP contribution in [-0.4, -0.2) is 28.4 Å². The number of hydrogen-bond donors (Lipinski definition) is 2. The van der Waals surface area contributed by atoms with E-state index in [2.05, 4.69) is 18.2 Å². The van der Waals surface area contributed by atoms with Crippen LogP contribution in [0.2, 0.25) is 0 Å². The number of carbonyl (C=O) groups is 1. The highest BCUT2D eigenvalue weighted by atomic mass is 16.2. The summed E-state index contributed by atoms with van der Waals surface area (Å²) >= 11 is 0. The van der Waals surface area contributed by atoms with Gasteiger partial charge in [-0.05, 0) is 40.3 Å². The van der Waals surface area contributed by atoms with E-state index in [0.29, 0.717) is 13.1 Å². The number of rotatable bonds is 5. The first-order valence-corrected chi connectivity index (χ1v) is 10.8. The molecule has 1 aliphatic heterocycles. The second-order valence-corrected chi connectivity index (χ2v) is 8.57. The van der Waals surface area contributed by atoms with Gasteiger partial charge in [0.15, 0.2) is 0 Å². The predicted octanol–water partition coefficient (Wildman–Crippen LogP) is 4.04. The van der Waals surface area contributed by atoms with E-state index in [-0.39, 0.29) is 17.9 Å². The average molecular weight is 415 g/mol. The van der Waals surface area contributed by atoms with Crippen LogP contribution in [0.5, 0.6) is 0 Å². The Morgan fingerprint density at radius 1 is 1.06 bits per heavy atom. The Bertz CT molecular complexity index is 1120. The number of nitrogens with two attached hydrogens (primary N) is 2. The maximum Gasteiger partial charge on any atom is 0.255 e. The lowest BCUT2D eigenvalue weighted by Crippen LogP contribution is -2.50. The van der Waals surface area contributed by atoms with Crippen molar-refractivity contribution in [3.63, 3.8) is 0 Å². The van der Waals surface area contributed by atoms with Gasteiger partial charge in [0.1, 0.15) is 0 Å². The van der Waals surface area contributed by atoms with Gasteiger partial charge in [-0.15, -0.1) is 0 Å². The molecule has 0 fully saturated rings. The third-order valence-electron chi connectivity index (χ3n) is 6.04. The minimum absolute atomic E-state index is 0.0329. The normalized spacial score (nSPS) is 16.5. The Balaban J connectivity index is 1.68. The van der Waals surface area contributed by atoms with Gasteiger partial charge < -0.3 is 15.6 Å². The minimum atomic E-state index is -0.0532. The van der Waals surface area contributed by atoms with Crippen LogP contribution in [-0.2, 0) is 13.0 Å². The molecule has 0 aliphatic carbocycles. The van der Waals surface area contributed by atoms with Gasteiger partial charge >= 0.3 is 0 Å². The van der Waals surface area contributed by atoms with Crippen LogP contribution in [0.4, 0.5) is 0 Å². The van der Waals surface area contributed by atoms with Crippen molar-refractivity contribution >= 4 is 16.7 Å². The van der Waals surface area contributed by atoms with Crippen LogP contribution in [0.3, 0.4) is 0 Å². The first-order chi connectivity index (χ1) is 14.9. The molecular formula is C26H30N4O. The molecule has 4 rings (SSSR count). The van der Waals surface area contributed by atoms with Crippen LogP contribution in [0, 0.1) is 5.92 Å². The van der Waals surface area contributed by atoms with E-state index >= 15 is 0 Å². The molecule has 0 bridgehead atoms. The first-order valence-electron chi connectivity index (χ1n) is 10.8. The highest BCUT2D eigenvalue weighted by Crippen LogP contribution is 2.28. The average Bonchev–Trinajstić information content (AvgIpc) is 2.77. The summed E-state index contributed by atoms with van der Waals surface area (Å²) in [6, 6.07) is 22.2. The molecule has 0 saturated carbocycles. The molecular weight excluding hydrogens is 384 g/mol. The lowest BCUT2D eigenvalue weighted by atomic mass is 9.92. The quantitative estimate of drug-likeness (QED) is 0.488. The van der Waals surface area contributed by atoms with Gasteiger partial charge in [0.2, 0.25) is 0 Å². The molecule has 5 nitrogen and oxygen atoms in total. The second-order valence-electron chi connectivity index (χ2n) is 8.57. The number of benzene rings is 3. The maximum atomic E-state index is 13.8. The Labute approximate surface area is 183 Å². The number of carbonyl (C=O) groups excluding carboxylic acids is 1. The van der Waals surface area contributed by atoms with Crippen molar-refractivity contribution in [2.24, 2.45) is 17.5 Å². The number of hydrogen-bond acceptors (Lipinski definition) is 4. The Hall–Kier alpha value is -3.31. The van der Waals surface area contributed by atoms with Gasteiger partial charge in [-0.25, -0.2) is 5.84 Å². The SMILES string of the molecule is CC(C)/C(N)=C/N(N)CC1Cc2ccccc2CN1C(=O)c1cccc2ccccc12. The highest BCUT2D eigenvalue weighted by Gasteiger charge is 2.31. The summed E-state index contributed by atoms with van der Waals surface area (Å²) in [6.45, 7) is 5.15. The summed E-state index contributed by atoms with van der Waals surface area (Å²) in [6.07, 6.45) is 2.54. The van der Waals surface area contributed by atoms with Gasteiger partial charge in [0.25, 0.3) is 5.91 Å². The van der Waals surface area contributed by atoms with Crippen molar-refractivity contribution in [1.29, 1.82) is 0 Å². The van der Waals surface area contributed by atoms with E-state index in [1.54, 1.807) is 11.2 Å². The van der Waals surface area contributed by atoms with Crippen molar-refractivity contribution in [3.05, 3.63) is 95.3 Å². The molecule has 1 amide bonds. The van der Waals surface area contributed by atoms with Gasteiger partial charge in [-0.2, -0.15) is 0 Å². The van der Waals surface area contributed by atoms with E-state index in [1.165, 1.54) is 11.1 Å². The summed E-state index contributed by atoms with van der Waals surface area (Å²) < 4.78 is 0. The fraction of sp³-hybridized carbons (Fsp3) is 0.269. The topological polar surface area (TPSA) is 75.6 Å². The van der Waals surface area contributed by atoms with E-state index in [1.807, 2.05) is 67.3 Å². The fourth-order valence-corrected chi connectivity index (χ4v) is 4.19. The van der Waals surface area contributed by atoms with Crippen molar-refractivity contribution in [3.8, 4) is 0 Å². The van der Waals surface area contributed by atoms with Crippen molar-refractivity contribution in [1.82, 2.24) is 9.91 Å². The largest absolute Gasteiger partial charge is 0.401 e. The highest BCUT2D eigenvalue weighted by molar-refractivity contribution is 6.07. The van der Waals surface area contributed by atoms with Crippen LogP contribution in [0.25, 0.3) is 10.8 Å². The number of nitrogens with zero attached hydrogens (tertiary/aromatic N) is 2. The lowest BCUT2D eigenvalue weighted by molar-refractivity contribution is 0.0606. The molecule has 1 heterocycles. The van der Waals surface area contributed by atoms with Crippen molar-refractivity contribution < 1.29 is 4.79 Å². The molecule has 0 aromatic heterocycles. The van der Waals surface area contributed by atoms with Crippen molar-refractivity contribution in [2.75, 3.05) is 6.54 Å². The zero-order valence-corrected chi connectivity index (χ0v) is 18.2. The molecule has 0 radical (unpaired) electrons. The summed E-state index contributed by atoms with van der Waals surface area (Å²) in [5.41, 5.74) is 10.0.